The van der Waals surface area contributed by atoms with E-state index in [2.05, 4.69) is 64.1 Å². The lowest BCUT2D eigenvalue weighted by atomic mass is 9.78. The average molecular weight is 312 g/mol. The molecule has 23 heavy (non-hydrogen) atoms. The Labute approximate surface area is 140 Å². The molecule has 124 valence electrons. The van der Waals surface area contributed by atoms with Crippen molar-refractivity contribution in [3.05, 3.63) is 59.7 Å². The monoisotopic (exact) mass is 312 g/mol. The quantitative estimate of drug-likeness (QED) is 0.677. The van der Waals surface area contributed by atoms with Crippen molar-refractivity contribution in [3.63, 3.8) is 0 Å². The van der Waals surface area contributed by atoms with Gasteiger partial charge in [-0.15, -0.1) is 0 Å². The summed E-state index contributed by atoms with van der Waals surface area (Å²) in [5.74, 6) is 2.39. The first-order valence-electron chi connectivity index (χ1n) is 8.40. The normalized spacial score (nSPS) is 11.6. The molecular formula is C21H28O2. The van der Waals surface area contributed by atoms with E-state index in [4.69, 9.17) is 9.47 Å². The van der Waals surface area contributed by atoms with Gasteiger partial charge < -0.3 is 9.47 Å². The molecule has 0 bridgehead atoms. The second-order valence-electron chi connectivity index (χ2n) is 6.81. The SMILES string of the molecule is CCOc1ccc(C(C)(C)c2ccc(OCC(C)C)cc2)cc1. The van der Waals surface area contributed by atoms with Crippen LogP contribution in [0.3, 0.4) is 0 Å². The van der Waals surface area contributed by atoms with Gasteiger partial charge in [-0.1, -0.05) is 52.0 Å². The molecule has 0 heterocycles. The molecule has 2 aromatic carbocycles. The fourth-order valence-corrected chi connectivity index (χ4v) is 2.53. The van der Waals surface area contributed by atoms with Crippen molar-refractivity contribution in [3.8, 4) is 11.5 Å². The highest BCUT2D eigenvalue weighted by atomic mass is 16.5. The number of hydrogen-bond acceptors (Lipinski definition) is 2. The maximum atomic E-state index is 5.77. The van der Waals surface area contributed by atoms with Crippen LogP contribution in [0, 0.1) is 5.92 Å². The van der Waals surface area contributed by atoms with Crippen molar-refractivity contribution in [1.29, 1.82) is 0 Å². The molecule has 0 fully saturated rings. The van der Waals surface area contributed by atoms with Gasteiger partial charge in [0.2, 0.25) is 0 Å². The fourth-order valence-electron chi connectivity index (χ4n) is 2.53. The third-order valence-corrected chi connectivity index (χ3v) is 4.05. The first-order chi connectivity index (χ1) is 10.9. The number of rotatable bonds is 7. The Hall–Kier alpha value is -1.96. The van der Waals surface area contributed by atoms with E-state index >= 15 is 0 Å². The summed E-state index contributed by atoms with van der Waals surface area (Å²) in [4.78, 5) is 0. The van der Waals surface area contributed by atoms with E-state index in [1.165, 1.54) is 11.1 Å². The molecule has 0 aliphatic carbocycles. The van der Waals surface area contributed by atoms with Crippen molar-refractivity contribution in [2.75, 3.05) is 13.2 Å². The zero-order valence-corrected chi connectivity index (χ0v) is 14.9. The smallest absolute Gasteiger partial charge is 0.119 e. The summed E-state index contributed by atoms with van der Waals surface area (Å²) in [6.45, 7) is 12.2. The van der Waals surface area contributed by atoms with Gasteiger partial charge in [-0.05, 0) is 48.2 Å². The van der Waals surface area contributed by atoms with Gasteiger partial charge in [0.15, 0.2) is 0 Å². The van der Waals surface area contributed by atoms with Gasteiger partial charge >= 0.3 is 0 Å². The first kappa shape index (κ1) is 17.4. The Balaban J connectivity index is 2.14. The van der Waals surface area contributed by atoms with Gasteiger partial charge in [-0.3, -0.25) is 0 Å². The van der Waals surface area contributed by atoms with E-state index in [-0.39, 0.29) is 5.41 Å². The van der Waals surface area contributed by atoms with Crippen LogP contribution in [0.4, 0.5) is 0 Å². The standard InChI is InChI=1S/C21H28O2/c1-6-22-19-11-7-17(8-12-19)21(4,5)18-9-13-20(14-10-18)23-15-16(2)3/h7-14,16H,6,15H2,1-5H3. The van der Waals surface area contributed by atoms with E-state index in [9.17, 15) is 0 Å². The van der Waals surface area contributed by atoms with Gasteiger partial charge in [0, 0.05) is 5.41 Å². The number of benzene rings is 2. The minimum Gasteiger partial charge on any atom is -0.494 e. The molecule has 0 radical (unpaired) electrons. The maximum Gasteiger partial charge on any atom is 0.119 e. The van der Waals surface area contributed by atoms with Crippen LogP contribution in [0.1, 0.15) is 45.7 Å². The molecule has 0 aliphatic heterocycles. The van der Waals surface area contributed by atoms with Crippen molar-refractivity contribution in [1.82, 2.24) is 0 Å². The fraction of sp³-hybridized carbons (Fsp3) is 0.429. The largest absolute Gasteiger partial charge is 0.494 e. The van der Waals surface area contributed by atoms with Gasteiger partial charge in [-0.2, -0.15) is 0 Å². The molecular weight excluding hydrogens is 284 g/mol. The highest BCUT2D eigenvalue weighted by molar-refractivity contribution is 5.41. The summed E-state index contributed by atoms with van der Waals surface area (Å²) in [6.07, 6.45) is 0. The Kier molecular flexibility index (Phi) is 5.70. The lowest BCUT2D eigenvalue weighted by molar-refractivity contribution is 0.271. The van der Waals surface area contributed by atoms with Gasteiger partial charge in [0.25, 0.3) is 0 Å². The lowest BCUT2D eigenvalue weighted by Gasteiger charge is -2.26. The molecule has 2 nitrogen and oxygen atoms in total. The zero-order valence-electron chi connectivity index (χ0n) is 14.9. The second-order valence-corrected chi connectivity index (χ2v) is 6.81. The highest BCUT2D eigenvalue weighted by Gasteiger charge is 2.23. The summed E-state index contributed by atoms with van der Waals surface area (Å²) < 4.78 is 11.3. The summed E-state index contributed by atoms with van der Waals surface area (Å²) in [6, 6.07) is 16.8. The Morgan fingerprint density at radius 2 is 1.22 bits per heavy atom. The summed E-state index contributed by atoms with van der Waals surface area (Å²) in [5.41, 5.74) is 2.50. The van der Waals surface area contributed by atoms with Gasteiger partial charge in [0.1, 0.15) is 11.5 Å². The van der Waals surface area contributed by atoms with Crippen LogP contribution in [-0.4, -0.2) is 13.2 Å². The average Bonchev–Trinajstić information content (AvgIpc) is 2.54. The van der Waals surface area contributed by atoms with E-state index in [1.807, 2.05) is 19.1 Å². The summed E-state index contributed by atoms with van der Waals surface area (Å²) in [7, 11) is 0. The van der Waals surface area contributed by atoms with E-state index in [0.717, 1.165) is 18.1 Å². The predicted molar refractivity (Wildman–Crippen MR) is 96.5 cm³/mol. The first-order valence-corrected chi connectivity index (χ1v) is 8.40. The summed E-state index contributed by atoms with van der Waals surface area (Å²) >= 11 is 0. The van der Waals surface area contributed by atoms with Crippen LogP contribution in [0.25, 0.3) is 0 Å². The molecule has 0 aromatic heterocycles. The molecule has 0 spiro atoms. The predicted octanol–water partition coefficient (Wildman–Crippen LogP) is 5.45. The topological polar surface area (TPSA) is 18.5 Å². The number of hydrogen-bond donors (Lipinski definition) is 0. The van der Waals surface area contributed by atoms with E-state index < -0.39 is 0 Å². The minimum absolute atomic E-state index is 0.0542. The van der Waals surface area contributed by atoms with Crippen molar-refractivity contribution in [2.45, 2.75) is 40.0 Å². The molecule has 0 unspecified atom stereocenters. The molecule has 2 aromatic rings. The Morgan fingerprint density at radius 3 is 1.61 bits per heavy atom. The molecule has 0 atom stereocenters. The zero-order chi connectivity index (χ0) is 16.9. The minimum atomic E-state index is -0.0542. The second kappa shape index (κ2) is 7.54. The third kappa shape index (κ3) is 4.51. The third-order valence-electron chi connectivity index (χ3n) is 4.05. The van der Waals surface area contributed by atoms with Crippen molar-refractivity contribution in [2.24, 2.45) is 5.92 Å². The maximum absolute atomic E-state index is 5.77. The molecule has 0 N–H and O–H groups in total. The molecule has 2 rings (SSSR count). The van der Waals surface area contributed by atoms with Crippen molar-refractivity contribution >= 4 is 0 Å². The van der Waals surface area contributed by atoms with E-state index in [1.54, 1.807) is 0 Å². The Bertz CT molecular complexity index is 595. The van der Waals surface area contributed by atoms with E-state index in [0.29, 0.717) is 12.5 Å². The highest BCUT2D eigenvalue weighted by Crippen LogP contribution is 2.33. The van der Waals surface area contributed by atoms with Crippen LogP contribution >= 0.6 is 0 Å². The van der Waals surface area contributed by atoms with Gasteiger partial charge in [0.05, 0.1) is 13.2 Å². The van der Waals surface area contributed by atoms with Crippen LogP contribution in [0.5, 0.6) is 11.5 Å². The molecule has 0 aliphatic rings. The number of ether oxygens (including phenoxy) is 2. The summed E-state index contributed by atoms with van der Waals surface area (Å²) in [5, 5.41) is 0. The Morgan fingerprint density at radius 1 is 0.783 bits per heavy atom. The molecule has 0 amide bonds. The van der Waals surface area contributed by atoms with Crippen LogP contribution < -0.4 is 9.47 Å². The van der Waals surface area contributed by atoms with Crippen LogP contribution in [-0.2, 0) is 5.41 Å². The molecule has 0 saturated heterocycles. The molecule has 2 heteroatoms. The lowest BCUT2D eigenvalue weighted by Crippen LogP contribution is -2.18. The van der Waals surface area contributed by atoms with Crippen LogP contribution in [0.2, 0.25) is 0 Å². The van der Waals surface area contributed by atoms with Crippen LogP contribution in [0.15, 0.2) is 48.5 Å². The van der Waals surface area contributed by atoms with Gasteiger partial charge in [-0.25, -0.2) is 0 Å². The van der Waals surface area contributed by atoms with Crippen molar-refractivity contribution < 1.29 is 9.47 Å². The molecule has 0 saturated carbocycles.